The number of nitriles is 1. The molecule has 1 aromatic rings. The number of hydrogen-bond donors (Lipinski definition) is 1. The van der Waals surface area contributed by atoms with Crippen LogP contribution in [0.2, 0.25) is 0 Å². The highest BCUT2D eigenvalue weighted by Crippen LogP contribution is 2.22. The number of nitrogens with zero attached hydrogens (tertiary/aromatic N) is 2. The number of carbonyl (C=O) groups is 1. The van der Waals surface area contributed by atoms with E-state index in [1.807, 2.05) is 19.9 Å². The smallest absolute Gasteiger partial charge is 0.346 e. The molecule has 0 bridgehead atoms. The third kappa shape index (κ3) is 2.91. The van der Waals surface area contributed by atoms with E-state index in [4.69, 9.17) is 15.1 Å². The van der Waals surface area contributed by atoms with Gasteiger partial charge in [-0.25, -0.2) is 4.79 Å². The summed E-state index contributed by atoms with van der Waals surface area (Å²) in [6.07, 6.45) is 3.80. The van der Waals surface area contributed by atoms with Gasteiger partial charge in [0, 0.05) is 24.5 Å². The topological polar surface area (TPSA) is 75.3 Å². The molecule has 1 atom stereocenters. The lowest BCUT2D eigenvalue weighted by Gasteiger charge is -2.14. The summed E-state index contributed by atoms with van der Waals surface area (Å²) < 4.78 is 7.76. The van der Waals surface area contributed by atoms with Gasteiger partial charge in [-0.05, 0) is 44.4 Å². The van der Waals surface area contributed by atoms with Gasteiger partial charge in [0.05, 0.1) is 6.10 Å². The summed E-state index contributed by atoms with van der Waals surface area (Å²) in [6.45, 7) is 5.51. The molecule has 5 heteroatoms. The summed E-state index contributed by atoms with van der Waals surface area (Å²) in [5.74, 6) is -1.20. The van der Waals surface area contributed by atoms with Gasteiger partial charge < -0.3 is 14.4 Å². The number of aryl methyl sites for hydroxylation is 1. The summed E-state index contributed by atoms with van der Waals surface area (Å²) in [4.78, 5) is 10.9. The van der Waals surface area contributed by atoms with Crippen LogP contribution in [-0.4, -0.2) is 28.4 Å². The normalized spacial score (nSPS) is 19.1. The highest BCUT2D eigenvalue weighted by molar-refractivity contribution is 5.96. The molecule has 1 fully saturated rings. The Hall–Kier alpha value is -2.06. The Kier molecular flexibility index (Phi) is 4.26. The second-order valence-corrected chi connectivity index (χ2v) is 5.05. The molecule has 1 aromatic heterocycles. The fourth-order valence-electron chi connectivity index (χ4n) is 2.54. The molecule has 0 amide bonds. The zero-order chi connectivity index (χ0) is 14.7. The van der Waals surface area contributed by atoms with Gasteiger partial charge in [-0.2, -0.15) is 5.26 Å². The van der Waals surface area contributed by atoms with Crippen molar-refractivity contribution in [2.24, 2.45) is 0 Å². The first-order valence-electron chi connectivity index (χ1n) is 6.66. The maximum Gasteiger partial charge on any atom is 0.346 e. The van der Waals surface area contributed by atoms with Crippen molar-refractivity contribution in [3.63, 3.8) is 0 Å². The number of hydrogen-bond acceptors (Lipinski definition) is 3. The molecular weight excluding hydrogens is 256 g/mol. The molecule has 0 saturated carbocycles. The molecule has 1 aliphatic heterocycles. The molecule has 106 valence electrons. The number of aromatic nitrogens is 1. The van der Waals surface area contributed by atoms with Crippen LogP contribution >= 0.6 is 0 Å². The average molecular weight is 274 g/mol. The molecule has 20 heavy (non-hydrogen) atoms. The second-order valence-electron chi connectivity index (χ2n) is 5.05. The predicted molar refractivity (Wildman–Crippen MR) is 74.1 cm³/mol. The number of carboxylic acids is 1. The van der Waals surface area contributed by atoms with Crippen LogP contribution in [0.4, 0.5) is 0 Å². The first-order chi connectivity index (χ1) is 9.52. The van der Waals surface area contributed by atoms with E-state index in [2.05, 4.69) is 4.57 Å². The standard InChI is InChI=1S/C15H18N2O3/c1-10-6-12(7-13(8-16)15(18)19)11(2)17(10)9-14-4-3-5-20-14/h6-7,14H,3-5,9H2,1-2H3,(H,18,19)/b13-7+/t14-/m0/s1. The van der Waals surface area contributed by atoms with Crippen molar-refractivity contribution in [1.29, 1.82) is 5.26 Å². The Morgan fingerprint density at radius 1 is 1.65 bits per heavy atom. The van der Waals surface area contributed by atoms with Gasteiger partial charge in [0.2, 0.25) is 0 Å². The molecule has 1 N–H and O–H groups in total. The van der Waals surface area contributed by atoms with E-state index >= 15 is 0 Å². The lowest BCUT2D eigenvalue weighted by atomic mass is 10.1. The minimum atomic E-state index is -1.20. The summed E-state index contributed by atoms with van der Waals surface area (Å²) in [5.41, 5.74) is 2.54. The summed E-state index contributed by atoms with van der Waals surface area (Å²) in [7, 11) is 0. The molecule has 1 saturated heterocycles. The molecule has 5 nitrogen and oxygen atoms in total. The Balaban J connectivity index is 2.28. The Morgan fingerprint density at radius 3 is 2.95 bits per heavy atom. The van der Waals surface area contributed by atoms with Crippen molar-refractivity contribution in [1.82, 2.24) is 4.57 Å². The van der Waals surface area contributed by atoms with Crippen LogP contribution in [0.1, 0.15) is 29.8 Å². The SMILES string of the molecule is Cc1cc(/C=C(\C#N)C(=O)O)c(C)n1C[C@@H]1CCCO1. The lowest BCUT2D eigenvalue weighted by molar-refractivity contribution is -0.132. The van der Waals surface area contributed by atoms with Crippen LogP contribution in [0.15, 0.2) is 11.6 Å². The van der Waals surface area contributed by atoms with Gasteiger partial charge in [0.1, 0.15) is 11.6 Å². The molecular formula is C15H18N2O3. The second kappa shape index (κ2) is 5.93. The molecule has 0 unspecified atom stereocenters. The van der Waals surface area contributed by atoms with Crippen LogP contribution in [0.5, 0.6) is 0 Å². The van der Waals surface area contributed by atoms with Crippen LogP contribution in [0.25, 0.3) is 6.08 Å². The monoisotopic (exact) mass is 274 g/mol. The molecule has 2 heterocycles. The quantitative estimate of drug-likeness (QED) is 0.675. The van der Waals surface area contributed by atoms with Gasteiger partial charge >= 0.3 is 5.97 Å². The Labute approximate surface area is 118 Å². The van der Waals surface area contributed by atoms with Gasteiger partial charge in [0.25, 0.3) is 0 Å². The largest absolute Gasteiger partial charge is 0.477 e. The lowest BCUT2D eigenvalue weighted by Crippen LogP contribution is -2.16. The van der Waals surface area contributed by atoms with Crippen LogP contribution in [0, 0.1) is 25.2 Å². The summed E-state index contributed by atoms with van der Waals surface area (Å²) in [5, 5.41) is 17.7. The van der Waals surface area contributed by atoms with E-state index in [1.165, 1.54) is 6.08 Å². The number of ether oxygens (including phenoxy) is 1. The van der Waals surface area contributed by atoms with Gasteiger partial charge in [-0.15, -0.1) is 0 Å². The van der Waals surface area contributed by atoms with Crippen LogP contribution < -0.4 is 0 Å². The third-order valence-corrected chi connectivity index (χ3v) is 3.67. The minimum Gasteiger partial charge on any atom is -0.477 e. The number of carboxylic acid groups (broad SMARTS) is 1. The minimum absolute atomic E-state index is 0.228. The zero-order valence-corrected chi connectivity index (χ0v) is 11.7. The fourth-order valence-corrected chi connectivity index (χ4v) is 2.54. The predicted octanol–water partition coefficient (Wildman–Crippen LogP) is 2.28. The zero-order valence-electron chi connectivity index (χ0n) is 11.7. The Morgan fingerprint density at radius 2 is 2.40 bits per heavy atom. The molecule has 0 aliphatic carbocycles. The van der Waals surface area contributed by atoms with Crippen molar-refractivity contribution in [2.75, 3.05) is 6.61 Å². The average Bonchev–Trinajstić information content (AvgIpc) is 3.00. The molecule has 2 rings (SSSR count). The van der Waals surface area contributed by atoms with E-state index in [1.54, 1.807) is 6.07 Å². The fraction of sp³-hybridized carbons (Fsp3) is 0.467. The maximum absolute atomic E-state index is 10.9. The van der Waals surface area contributed by atoms with Crippen molar-refractivity contribution in [3.05, 3.63) is 28.6 Å². The molecule has 1 aliphatic rings. The van der Waals surface area contributed by atoms with E-state index < -0.39 is 5.97 Å². The van der Waals surface area contributed by atoms with Crippen molar-refractivity contribution >= 4 is 12.0 Å². The third-order valence-electron chi connectivity index (χ3n) is 3.67. The number of rotatable bonds is 4. The first-order valence-corrected chi connectivity index (χ1v) is 6.66. The highest BCUT2D eigenvalue weighted by atomic mass is 16.5. The number of aliphatic carboxylic acids is 1. The van der Waals surface area contributed by atoms with Gasteiger partial charge in [0.15, 0.2) is 0 Å². The van der Waals surface area contributed by atoms with E-state index in [0.29, 0.717) is 0 Å². The van der Waals surface area contributed by atoms with Crippen molar-refractivity contribution in [2.45, 2.75) is 39.3 Å². The van der Waals surface area contributed by atoms with Crippen molar-refractivity contribution in [3.8, 4) is 6.07 Å². The van der Waals surface area contributed by atoms with Crippen molar-refractivity contribution < 1.29 is 14.6 Å². The summed E-state index contributed by atoms with van der Waals surface area (Å²) >= 11 is 0. The van der Waals surface area contributed by atoms with Crippen LogP contribution in [-0.2, 0) is 16.1 Å². The van der Waals surface area contributed by atoms with E-state index in [0.717, 1.165) is 42.9 Å². The van der Waals surface area contributed by atoms with Gasteiger partial charge in [-0.1, -0.05) is 0 Å². The molecule has 0 aromatic carbocycles. The van der Waals surface area contributed by atoms with Crippen LogP contribution in [0.3, 0.4) is 0 Å². The van der Waals surface area contributed by atoms with Gasteiger partial charge in [-0.3, -0.25) is 0 Å². The first kappa shape index (κ1) is 14.4. The van der Waals surface area contributed by atoms with E-state index in [-0.39, 0.29) is 11.7 Å². The maximum atomic E-state index is 10.9. The summed E-state index contributed by atoms with van der Waals surface area (Å²) in [6, 6.07) is 3.61. The van der Waals surface area contributed by atoms with E-state index in [9.17, 15) is 4.79 Å². The Bertz CT molecular complexity index is 587. The molecule has 0 radical (unpaired) electrons. The molecule has 0 spiro atoms. The highest BCUT2D eigenvalue weighted by Gasteiger charge is 2.19.